The molecule has 0 saturated heterocycles. The van der Waals surface area contributed by atoms with E-state index in [2.05, 4.69) is 29.4 Å². The molecule has 1 atom stereocenters. The first-order valence-electron chi connectivity index (χ1n) is 8.06. The molecule has 0 radical (unpaired) electrons. The lowest BCUT2D eigenvalue weighted by atomic mass is 9.97. The Morgan fingerprint density at radius 1 is 1.21 bits per heavy atom. The van der Waals surface area contributed by atoms with Crippen LogP contribution in [0.15, 0.2) is 48.5 Å². The van der Waals surface area contributed by atoms with Crippen LogP contribution in [0.5, 0.6) is 0 Å². The van der Waals surface area contributed by atoms with Crippen LogP contribution in [0.2, 0.25) is 5.02 Å². The maximum Gasteiger partial charge on any atom is 0.246 e. The second kappa shape index (κ2) is 6.36. The monoisotopic (exact) mass is 343 g/mol. The Hall–Kier alpha value is -2.20. The van der Waals surface area contributed by atoms with E-state index in [1.807, 2.05) is 43.3 Å². The van der Waals surface area contributed by atoms with E-state index < -0.39 is 0 Å². The fraction of sp³-hybridized carbons (Fsp3) is 0.316. The molecule has 3 rings (SSSR count). The van der Waals surface area contributed by atoms with E-state index in [1.165, 1.54) is 0 Å². The van der Waals surface area contributed by atoms with Gasteiger partial charge >= 0.3 is 0 Å². The van der Waals surface area contributed by atoms with Crippen LogP contribution in [-0.4, -0.2) is 24.0 Å². The number of carbonyl (C=O) groups excluding carboxylic acids is 1. The van der Waals surface area contributed by atoms with Crippen molar-refractivity contribution in [1.82, 2.24) is 0 Å². The number of amides is 1. The number of nitrogens with zero attached hydrogens (tertiary/aromatic N) is 1. The fourth-order valence-corrected chi connectivity index (χ4v) is 3.14. The first-order valence-corrected chi connectivity index (χ1v) is 8.44. The predicted molar refractivity (Wildman–Crippen MR) is 101 cm³/mol. The van der Waals surface area contributed by atoms with Gasteiger partial charge in [0.1, 0.15) is 6.04 Å². The standard InChI is InChI=1S/C19H22ClN3O/c1-13(18(24)21-15-10-8-14(20)9-11-15)23-12-19(2,3)22-16-6-4-5-7-17(16)23/h4-11,13,22H,12H2,1-3H3,(H,21,24). The molecule has 0 spiro atoms. The topological polar surface area (TPSA) is 44.4 Å². The van der Waals surface area contributed by atoms with Crippen LogP contribution < -0.4 is 15.5 Å². The highest BCUT2D eigenvalue weighted by Crippen LogP contribution is 2.35. The number of rotatable bonds is 3. The predicted octanol–water partition coefficient (Wildman–Crippen LogP) is 4.38. The summed E-state index contributed by atoms with van der Waals surface area (Å²) in [6, 6.07) is 15.0. The molecule has 1 aliphatic heterocycles. The average Bonchev–Trinajstić information content (AvgIpc) is 2.54. The van der Waals surface area contributed by atoms with E-state index in [4.69, 9.17) is 11.6 Å². The maximum absolute atomic E-state index is 12.7. The molecule has 2 N–H and O–H groups in total. The maximum atomic E-state index is 12.7. The van der Waals surface area contributed by atoms with Crippen molar-refractivity contribution in [2.45, 2.75) is 32.4 Å². The lowest BCUT2D eigenvalue weighted by Crippen LogP contribution is -2.54. The van der Waals surface area contributed by atoms with E-state index in [0.717, 1.165) is 23.6 Å². The van der Waals surface area contributed by atoms with Crippen molar-refractivity contribution < 1.29 is 4.79 Å². The van der Waals surface area contributed by atoms with E-state index in [-0.39, 0.29) is 17.5 Å². The lowest BCUT2D eigenvalue weighted by molar-refractivity contribution is -0.117. The third-order valence-electron chi connectivity index (χ3n) is 4.21. The lowest BCUT2D eigenvalue weighted by Gasteiger charge is -2.44. The highest BCUT2D eigenvalue weighted by Gasteiger charge is 2.34. The second-order valence-electron chi connectivity index (χ2n) is 6.83. The minimum atomic E-state index is -0.289. The third-order valence-corrected chi connectivity index (χ3v) is 4.46. The minimum absolute atomic E-state index is 0.0372. The molecule has 0 saturated carbocycles. The van der Waals surface area contributed by atoms with Crippen LogP contribution in [0, 0.1) is 0 Å². The number of benzene rings is 2. The van der Waals surface area contributed by atoms with Crippen LogP contribution in [0.1, 0.15) is 20.8 Å². The third kappa shape index (κ3) is 3.49. The zero-order chi connectivity index (χ0) is 17.3. The van der Waals surface area contributed by atoms with Gasteiger partial charge in [0, 0.05) is 22.8 Å². The first-order chi connectivity index (χ1) is 11.4. The molecule has 1 amide bonds. The number of halogens is 1. The highest BCUT2D eigenvalue weighted by atomic mass is 35.5. The molecule has 1 aliphatic rings. The largest absolute Gasteiger partial charge is 0.377 e. The molecule has 0 aromatic heterocycles. The van der Waals surface area contributed by atoms with Crippen LogP contribution in [-0.2, 0) is 4.79 Å². The molecular weight excluding hydrogens is 322 g/mol. The molecular formula is C19H22ClN3O. The zero-order valence-corrected chi connectivity index (χ0v) is 14.9. The van der Waals surface area contributed by atoms with Crippen molar-refractivity contribution in [3.8, 4) is 0 Å². The minimum Gasteiger partial charge on any atom is -0.377 e. The molecule has 0 fully saturated rings. The van der Waals surface area contributed by atoms with Crippen LogP contribution in [0.3, 0.4) is 0 Å². The van der Waals surface area contributed by atoms with E-state index in [9.17, 15) is 4.79 Å². The van der Waals surface area contributed by atoms with Crippen molar-refractivity contribution in [2.75, 3.05) is 22.1 Å². The molecule has 24 heavy (non-hydrogen) atoms. The fourth-order valence-electron chi connectivity index (χ4n) is 3.01. The summed E-state index contributed by atoms with van der Waals surface area (Å²) < 4.78 is 0. The van der Waals surface area contributed by atoms with Gasteiger partial charge in [0.25, 0.3) is 0 Å². The Kier molecular flexibility index (Phi) is 4.41. The Balaban J connectivity index is 1.82. The average molecular weight is 344 g/mol. The molecule has 2 aromatic rings. The van der Waals surface area contributed by atoms with Gasteiger partial charge in [-0.3, -0.25) is 4.79 Å². The van der Waals surface area contributed by atoms with Crippen LogP contribution >= 0.6 is 11.6 Å². The Morgan fingerprint density at radius 3 is 2.58 bits per heavy atom. The van der Waals surface area contributed by atoms with Gasteiger partial charge in [-0.25, -0.2) is 0 Å². The SMILES string of the molecule is CC(C(=O)Nc1ccc(Cl)cc1)N1CC(C)(C)Nc2ccccc21. The Morgan fingerprint density at radius 2 is 1.88 bits per heavy atom. The molecule has 1 heterocycles. The van der Waals surface area contributed by atoms with Gasteiger partial charge in [0.05, 0.1) is 11.4 Å². The number of nitrogens with one attached hydrogen (secondary N) is 2. The molecule has 2 aromatic carbocycles. The molecule has 126 valence electrons. The van der Waals surface area contributed by atoms with Gasteiger partial charge in [-0.1, -0.05) is 23.7 Å². The number of carbonyl (C=O) groups is 1. The smallest absolute Gasteiger partial charge is 0.246 e. The summed E-state index contributed by atoms with van der Waals surface area (Å²) in [5.74, 6) is -0.0372. The molecule has 5 heteroatoms. The molecule has 1 unspecified atom stereocenters. The Bertz CT molecular complexity index is 743. The van der Waals surface area contributed by atoms with Crippen molar-refractivity contribution in [3.63, 3.8) is 0 Å². The number of para-hydroxylation sites is 2. The summed E-state index contributed by atoms with van der Waals surface area (Å²) >= 11 is 5.89. The molecule has 4 nitrogen and oxygen atoms in total. The van der Waals surface area contributed by atoms with Gasteiger partial charge in [-0.15, -0.1) is 0 Å². The summed E-state index contributed by atoms with van der Waals surface area (Å²) in [5, 5.41) is 7.14. The number of hydrogen-bond acceptors (Lipinski definition) is 3. The number of fused-ring (bicyclic) bond motifs is 1. The quantitative estimate of drug-likeness (QED) is 0.869. The molecule has 0 aliphatic carbocycles. The van der Waals surface area contributed by atoms with Crippen molar-refractivity contribution >= 4 is 34.6 Å². The van der Waals surface area contributed by atoms with Crippen LogP contribution in [0.25, 0.3) is 0 Å². The van der Waals surface area contributed by atoms with Gasteiger partial charge in [-0.05, 0) is 57.2 Å². The second-order valence-corrected chi connectivity index (χ2v) is 7.26. The van der Waals surface area contributed by atoms with Crippen molar-refractivity contribution in [2.24, 2.45) is 0 Å². The van der Waals surface area contributed by atoms with Gasteiger partial charge in [0.2, 0.25) is 5.91 Å². The summed E-state index contributed by atoms with van der Waals surface area (Å²) in [6.07, 6.45) is 0. The van der Waals surface area contributed by atoms with Gasteiger partial charge < -0.3 is 15.5 Å². The summed E-state index contributed by atoms with van der Waals surface area (Å²) in [7, 11) is 0. The van der Waals surface area contributed by atoms with E-state index in [1.54, 1.807) is 12.1 Å². The summed E-state index contributed by atoms with van der Waals surface area (Å²) in [4.78, 5) is 14.9. The van der Waals surface area contributed by atoms with Gasteiger partial charge in [-0.2, -0.15) is 0 Å². The summed E-state index contributed by atoms with van der Waals surface area (Å²) in [5.41, 5.74) is 2.75. The molecule has 0 bridgehead atoms. The number of anilines is 3. The highest BCUT2D eigenvalue weighted by molar-refractivity contribution is 6.30. The Labute approximate surface area is 147 Å². The number of hydrogen-bond donors (Lipinski definition) is 2. The summed E-state index contributed by atoms with van der Waals surface area (Å²) in [6.45, 7) is 6.96. The normalized spacial score (nSPS) is 16.8. The van der Waals surface area contributed by atoms with Crippen LogP contribution in [0.4, 0.5) is 17.1 Å². The van der Waals surface area contributed by atoms with E-state index >= 15 is 0 Å². The van der Waals surface area contributed by atoms with Gasteiger partial charge in [0.15, 0.2) is 0 Å². The van der Waals surface area contributed by atoms with E-state index in [0.29, 0.717) is 5.02 Å². The zero-order valence-electron chi connectivity index (χ0n) is 14.1. The first kappa shape index (κ1) is 16.7. The van der Waals surface area contributed by atoms with Crippen molar-refractivity contribution in [1.29, 1.82) is 0 Å². The van der Waals surface area contributed by atoms with Crippen molar-refractivity contribution in [3.05, 3.63) is 53.6 Å².